The minimum Gasteiger partial charge on any atom is -0.336 e. The number of aromatic nitrogens is 4. The maximum atomic E-state index is 13.2. The quantitative estimate of drug-likeness (QED) is 0.531. The van der Waals surface area contributed by atoms with E-state index in [-0.39, 0.29) is 5.91 Å². The Morgan fingerprint density at radius 2 is 2.03 bits per heavy atom. The summed E-state index contributed by atoms with van der Waals surface area (Å²) in [6, 6.07) is 11.8. The fourth-order valence-corrected chi connectivity index (χ4v) is 3.83. The summed E-state index contributed by atoms with van der Waals surface area (Å²) < 4.78 is 7.32. The van der Waals surface area contributed by atoms with Gasteiger partial charge in [-0.2, -0.15) is 5.10 Å². The standard InChI is InChI=1S/C23H23N5O2/c1-13-9-14(2)28(26-13)12-16-5-4-6-18(10-16)24-22(29)19-11-20(17-7-8-17)25-23-21(19)15(3)27-30-23/h4-6,9-11,17H,7-8,12H2,1-3H3,(H,24,29). The first kappa shape index (κ1) is 18.5. The molecule has 0 aliphatic heterocycles. The molecule has 4 aromatic rings. The highest BCUT2D eigenvalue weighted by Gasteiger charge is 2.28. The van der Waals surface area contributed by atoms with Crippen LogP contribution in [-0.2, 0) is 6.54 Å². The molecule has 3 heterocycles. The zero-order valence-electron chi connectivity index (χ0n) is 17.3. The van der Waals surface area contributed by atoms with E-state index in [0.29, 0.717) is 34.8 Å². The summed E-state index contributed by atoms with van der Waals surface area (Å²) in [6.45, 7) is 6.51. The number of fused-ring (bicyclic) bond motifs is 1. The molecule has 0 spiro atoms. The van der Waals surface area contributed by atoms with E-state index in [2.05, 4.69) is 26.6 Å². The lowest BCUT2D eigenvalue weighted by molar-refractivity contribution is 0.102. The van der Waals surface area contributed by atoms with E-state index in [0.717, 1.165) is 41.2 Å². The molecule has 1 saturated carbocycles. The van der Waals surface area contributed by atoms with Crippen molar-refractivity contribution in [1.29, 1.82) is 0 Å². The van der Waals surface area contributed by atoms with E-state index < -0.39 is 0 Å². The first-order valence-corrected chi connectivity index (χ1v) is 10.2. The van der Waals surface area contributed by atoms with Gasteiger partial charge in [0.1, 0.15) is 0 Å². The summed E-state index contributed by atoms with van der Waals surface area (Å²) in [5, 5.41) is 12.2. The molecule has 1 aromatic carbocycles. The summed E-state index contributed by atoms with van der Waals surface area (Å²) in [5.41, 5.74) is 6.48. The van der Waals surface area contributed by atoms with Crippen LogP contribution in [0.1, 0.15) is 57.5 Å². The van der Waals surface area contributed by atoms with Gasteiger partial charge in [-0.1, -0.05) is 17.3 Å². The molecule has 0 unspecified atom stereocenters. The smallest absolute Gasteiger partial charge is 0.259 e. The van der Waals surface area contributed by atoms with Crippen LogP contribution < -0.4 is 5.32 Å². The average Bonchev–Trinajstić information content (AvgIpc) is 3.43. The van der Waals surface area contributed by atoms with Gasteiger partial charge in [0.25, 0.3) is 11.6 Å². The molecule has 1 fully saturated rings. The number of nitrogens with one attached hydrogen (secondary N) is 1. The Kier molecular flexibility index (Phi) is 4.38. The van der Waals surface area contributed by atoms with Gasteiger partial charge in [-0.25, -0.2) is 4.98 Å². The Morgan fingerprint density at radius 3 is 2.77 bits per heavy atom. The van der Waals surface area contributed by atoms with E-state index in [1.165, 1.54) is 0 Å². The van der Waals surface area contributed by atoms with Crippen molar-refractivity contribution in [3.63, 3.8) is 0 Å². The van der Waals surface area contributed by atoms with Crippen LogP contribution in [0.2, 0.25) is 0 Å². The van der Waals surface area contributed by atoms with Crippen LogP contribution in [0.15, 0.2) is 40.9 Å². The van der Waals surface area contributed by atoms with Crippen molar-refractivity contribution >= 4 is 22.7 Å². The van der Waals surface area contributed by atoms with E-state index in [4.69, 9.17) is 4.52 Å². The van der Waals surface area contributed by atoms with Crippen LogP contribution in [0.25, 0.3) is 11.1 Å². The molecule has 1 aliphatic rings. The van der Waals surface area contributed by atoms with Crippen LogP contribution in [-0.4, -0.2) is 25.8 Å². The fraction of sp³-hybridized carbons (Fsp3) is 0.304. The molecular formula is C23H23N5O2. The largest absolute Gasteiger partial charge is 0.336 e. The Bertz CT molecular complexity index is 1270. The molecular weight excluding hydrogens is 378 g/mol. The van der Waals surface area contributed by atoms with Crippen molar-refractivity contribution < 1.29 is 9.32 Å². The number of rotatable bonds is 5. The van der Waals surface area contributed by atoms with Crippen molar-refractivity contribution in [2.75, 3.05) is 5.32 Å². The lowest BCUT2D eigenvalue weighted by atomic mass is 10.1. The Hall–Kier alpha value is -3.48. The van der Waals surface area contributed by atoms with Gasteiger partial charge in [-0.3, -0.25) is 9.48 Å². The van der Waals surface area contributed by atoms with Gasteiger partial charge < -0.3 is 9.84 Å². The van der Waals surface area contributed by atoms with Gasteiger partial charge in [0.15, 0.2) is 0 Å². The molecule has 7 heteroatoms. The summed E-state index contributed by atoms with van der Waals surface area (Å²) in [6.07, 6.45) is 2.20. The highest BCUT2D eigenvalue weighted by molar-refractivity contribution is 6.12. The number of carbonyl (C=O) groups excluding carboxylic acids is 1. The molecule has 0 saturated heterocycles. The third-order valence-electron chi connectivity index (χ3n) is 5.50. The fourth-order valence-electron chi connectivity index (χ4n) is 3.83. The molecule has 1 aliphatic carbocycles. The third-order valence-corrected chi connectivity index (χ3v) is 5.50. The second-order valence-corrected chi connectivity index (χ2v) is 8.06. The molecule has 0 radical (unpaired) electrons. The molecule has 30 heavy (non-hydrogen) atoms. The number of benzene rings is 1. The van der Waals surface area contributed by atoms with E-state index in [1.54, 1.807) is 0 Å². The molecule has 3 aromatic heterocycles. The zero-order valence-corrected chi connectivity index (χ0v) is 17.3. The summed E-state index contributed by atoms with van der Waals surface area (Å²) in [5.74, 6) is 0.231. The van der Waals surface area contributed by atoms with Crippen molar-refractivity contribution in [2.24, 2.45) is 0 Å². The van der Waals surface area contributed by atoms with Crippen molar-refractivity contribution in [3.8, 4) is 0 Å². The topological polar surface area (TPSA) is 85.8 Å². The van der Waals surface area contributed by atoms with Crippen molar-refractivity contribution in [3.05, 3.63) is 70.3 Å². The first-order valence-electron chi connectivity index (χ1n) is 10.2. The number of nitrogens with zero attached hydrogens (tertiary/aromatic N) is 4. The minimum absolute atomic E-state index is 0.182. The summed E-state index contributed by atoms with van der Waals surface area (Å²) in [4.78, 5) is 17.7. The van der Waals surface area contributed by atoms with Gasteiger partial charge in [-0.15, -0.1) is 0 Å². The minimum atomic E-state index is -0.182. The molecule has 1 amide bonds. The normalized spacial score (nSPS) is 13.7. The second-order valence-electron chi connectivity index (χ2n) is 8.06. The van der Waals surface area contributed by atoms with Crippen LogP contribution in [0.4, 0.5) is 5.69 Å². The maximum absolute atomic E-state index is 13.2. The van der Waals surface area contributed by atoms with Gasteiger partial charge in [0.2, 0.25) is 0 Å². The number of anilines is 1. The monoisotopic (exact) mass is 401 g/mol. The molecule has 7 nitrogen and oxygen atoms in total. The zero-order chi connectivity index (χ0) is 20.8. The molecule has 0 atom stereocenters. The van der Waals surface area contributed by atoms with Crippen molar-refractivity contribution in [1.82, 2.24) is 19.9 Å². The number of carbonyl (C=O) groups is 1. The number of hydrogen-bond donors (Lipinski definition) is 1. The summed E-state index contributed by atoms with van der Waals surface area (Å²) >= 11 is 0. The molecule has 5 rings (SSSR count). The Morgan fingerprint density at radius 1 is 1.20 bits per heavy atom. The number of aryl methyl sites for hydroxylation is 3. The lowest BCUT2D eigenvalue weighted by Crippen LogP contribution is -2.14. The van der Waals surface area contributed by atoms with Crippen LogP contribution in [0.5, 0.6) is 0 Å². The number of amides is 1. The Labute approximate surface area is 174 Å². The molecule has 1 N–H and O–H groups in total. The first-order chi connectivity index (χ1) is 14.5. The van der Waals surface area contributed by atoms with Crippen LogP contribution in [0, 0.1) is 20.8 Å². The van der Waals surface area contributed by atoms with Gasteiger partial charge in [-0.05, 0) is 63.4 Å². The second kappa shape index (κ2) is 7.09. The van der Waals surface area contributed by atoms with E-state index in [9.17, 15) is 4.79 Å². The SMILES string of the molecule is Cc1cc(C)n(Cc2cccc(NC(=O)c3cc(C4CC4)nc4onc(C)c34)c2)n1. The predicted molar refractivity (Wildman–Crippen MR) is 114 cm³/mol. The average molecular weight is 401 g/mol. The van der Waals surface area contributed by atoms with Gasteiger partial charge >= 0.3 is 0 Å². The predicted octanol–water partition coefficient (Wildman–Crippen LogP) is 4.52. The molecule has 0 bridgehead atoms. The number of hydrogen-bond acceptors (Lipinski definition) is 5. The van der Waals surface area contributed by atoms with Crippen molar-refractivity contribution in [2.45, 2.75) is 46.1 Å². The van der Waals surface area contributed by atoms with E-state index >= 15 is 0 Å². The molecule has 152 valence electrons. The lowest BCUT2D eigenvalue weighted by Gasteiger charge is -2.10. The Balaban J connectivity index is 1.43. The van der Waals surface area contributed by atoms with Gasteiger partial charge in [0.05, 0.1) is 28.9 Å². The third kappa shape index (κ3) is 3.47. The number of pyridine rings is 1. The summed E-state index contributed by atoms with van der Waals surface area (Å²) in [7, 11) is 0. The highest BCUT2D eigenvalue weighted by Crippen LogP contribution is 2.40. The van der Waals surface area contributed by atoms with E-state index in [1.807, 2.05) is 55.8 Å². The van der Waals surface area contributed by atoms with Gasteiger partial charge in [0, 0.05) is 23.0 Å². The highest BCUT2D eigenvalue weighted by atomic mass is 16.5. The van der Waals surface area contributed by atoms with Crippen LogP contribution >= 0.6 is 0 Å². The maximum Gasteiger partial charge on any atom is 0.259 e. The van der Waals surface area contributed by atoms with Crippen LogP contribution in [0.3, 0.4) is 0 Å².